The van der Waals surface area contributed by atoms with Gasteiger partial charge in [0.2, 0.25) is 0 Å². The van der Waals surface area contributed by atoms with Gasteiger partial charge in [-0.3, -0.25) is 4.79 Å². The van der Waals surface area contributed by atoms with E-state index >= 15 is 0 Å². The fraction of sp³-hybridized carbons (Fsp3) is 0.263. The zero-order valence-corrected chi connectivity index (χ0v) is 17.4. The number of sulfone groups is 1. The number of carbonyl (C=O) groups is 1. The van der Waals surface area contributed by atoms with Crippen LogP contribution in [0, 0.1) is 0 Å². The number of carbonyl (C=O) groups excluding carboxylic acids is 1. The van der Waals surface area contributed by atoms with Crippen molar-refractivity contribution >= 4 is 50.0 Å². The first-order chi connectivity index (χ1) is 12.8. The first kappa shape index (κ1) is 19.9. The van der Waals surface area contributed by atoms with Crippen LogP contribution < -0.4 is 0 Å². The highest BCUT2D eigenvalue weighted by Gasteiger charge is 2.15. The molecule has 0 fully saturated rings. The molecule has 2 aromatic carbocycles. The van der Waals surface area contributed by atoms with Crippen molar-refractivity contribution in [2.45, 2.75) is 29.9 Å². The largest absolute Gasteiger partial charge is 0.319 e. The molecule has 0 bridgehead atoms. The smallest absolute Gasteiger partial charge is 0.175 e. The van der Waals surface area contributed by atoms with Gasteiger partial charge in [0.25, 0.3) is 0 Å². The Bertz CT molecular complexity index is 1090. The molecule has 8 heteroatoms. The van der Waals surface area contributed by atoms with Gasteiger partial charge in [0, 0.05) is 23.4 Å². The number of benzene rings is 2. The van der Waals surface area contributed by atoms with Crippen molar-refractivity contribution in [2.24, 2.45) is 0 Å². The van der Waals surface area contributed by atoms with E-state index in [-0.39, 0.29) is 16.4 Å². The first-order valence-corrected chi connectivity index (χ1v) is 11.7. The van der Waals surface area contributed by atoms with E-state index in [0.717, 1.165) is 35.4 Å². The SMILES string of the molecule is CCCn1c(SCC(=O)c2ccc(S(C)(=O)=O)cc2)nc2cc(Cl)ccc21. The molecule has 3 aromatic rings. The van der Waals surface area contributed by atoms with Crippen LogP contribution in [0.1, 0.15) is 23.7 Å². The lowest BCUT2D eigenvalue weighted by atomic mass is 10.1. The zero-order valence-electron chi connectivity index (χ0n) is 15.0. The van der Waals surface area contributed by atoms with Crippen molar-refractivity contribution in [1.82, 2.24) is 9.55 Å². The number of imidazole rings is 1. The molecule has 5 nitrogen and oxygen atoms in total. The molecule has 1 heterocycles. The molecule has 0 unspecified atom stereocenters. The first-order valence-electron chi connectivity index (χ1n) is 8.41. The average molecular weight is 423 g/mol. The van der Waals surface area contributed by atoms with Crippen LogP contribution in [0.15, 0.2) is 52.5 Å². The summed E-state index contributed by atoms with van der Waals surface area (Å²) in [4.78, 5) is 17.3. The maximum Gasteiger partial charge on any atom is 0.175 e. The molecule has 1 aromatic heterocycles. The standard InChI is InChI=1S/C19H19ClN2O3S2/c1-3-10-22-17-9-6-14(20)11-16(17)21-19(22)26-12-18(23)13-4-7-15(8-5-13)27(2,24)25/h4-9,11H,3,10,12H2,1-2H3. The van der Waals surface area contributed by atoms with Crippen LogP contribution in [0.4, 0.5) is 0 Å². The predicted molar refractivity (Wildman–Crippen MR) is 110 cm³/mol. The topological polar surface area (TPSA) is 69.0 Å². The minimum absolute atomic E-state index is 0.0758. The summed E-state index contributed by atoms with van der Waals surface area (Å²) in [5.74, 6) is 0.145. The van der Waals surface area contributed by atoms with E-state index < -0.39 is 9.84 Å². The van der Waals surface area contributed by atoms with Crippen molar-refractivity contribution in [1.29, 1.82) is 0 Å². The van der Waals surface area contributed by atoms with Gasteiger partial charge in [-0.2, -0.15) is 0 Å². The molecule has 0 aliphatic heterocycles. The second-order valence-electron chi connectivity index (χ2n) is 6.19. The highest BCUT2D eigenvalue weighted by molar-refractivity contribution is 7.99. The maximum atomic E-state index is 12.5. The van der Waals surface area contributed by atoms with Crippen LogP contribution in [0.2, 0.25) is 5.02 Å². The summed E-state index contributed by atoms with van der Waals surface area (Å²) in [5.41, 5.74) is 2.29. The third-order valence-electron chi connectivity index (χ3n) is 4.06. The highest BCUT2D eigenvalue weighted by Crippen LogP contribution is 2.27. The highest BCUT2D eigenvalue weighted by atomic mass is 35.5. The molecule has 0 N–H and O–H groups in total. The van der Waals surface area contributed by atoms with E-state index in [1.54, 1.807) is 12.1 Å². The molecule has 0 saturated heterocycles. The molecule has 27 heavy (non-hydrogen) atoms. The van der Waals surface area contributed by atoms with Gasteiger partial charge in [-0.1, -0.05) is 42.4 Å². The Morgan fingerprint density at radius 3 is 2.52 bits per heavy atom. The lowest BCUT2D eigenvalue weighted by Crippen LogP contribution is -2.06. The summed E-state index contributed by atoms with van der Waals surface area (Å²) in [6.45, 7) is 2.89. The van der Waals surface area contributed by atoms with Crippen LogP contribution in [0.25, 0.3) is 11.0 Å². The third kappa shape index (κ3) is 4.54. The summed E-state index contributed by atoms with van der Waals surface area (Å²) >= 11 is 7.43. The normalized spacial score (nSPS) is 11.8. The van der Waals surface area contributed by atoms with E-state index in [9.17, 15) is 13.2 Å². The number of hydrogen-bond donors (Lipinski definition) is 0. The Morgan fingerprint density at radius 1 is 1.19 bits per heavy atom. The predicted octanol–water partition coefficient (Wildman–Crippen LogP) is 4.48. The van der Waals surface area contributed by atoms with Gasteiger partial charge in [0.1, 0.15) is 0 Å². The van der Waals surface area contributed by atoms with Crippen LogP contribution >= 0.6 is 23.4 Å². The summed E-state index contributed by atoms with van der Waals surface area (Å²) in [6.07, 6.45) is 2.09. The van der Waals surface area contributed by atoms with Gasteiger partial charge in [-0.25, -0.2) is 13.4 Å². The van der Waals surface area contributed by atoms with Crippen molar-refractivity contribution in [3.05, 3.63) is 53.1 Å². The fourth-order valence-corrected chi connectivity index (χ4v) is 4.46. The number of ketones is 1. The molecule has 0 aliphatic rings. The summed E-state index contributed by atoms with van der Waals surface area (Å²) in [5, 5.41) is 1.40. The molecule has 0 spiro atoms. The number of halogens is 1. The fourth-order valence-electron chi connectivity index (χ4n) is 2.73. The van der Waals surface area contributed by atoms with Crippen LogP contribution in [-0.2, 0) is 16.4 Å². The lowest BCUT2D eigenvalue weighted by Gasteiger charge is -2.07. The number of hydrogen-bond acceptors (Lipinski definition) is 5. The number of thioether (sulfide) groups is 1. The molecule has 0 amide bonds. The Kier molecular flexibility index (Phi) is 5.93. The van der Waals surface area contributed by atoms with Gasteiger partial charge in [0.05, 0.1) is 21.7 Å². The molecular weight excluding hydrogens is 404 g/mol. The molecule has 0 radical (unpaired) electrons. The minimum Gasteiger partial charge on any atom is -0.319 e. The second-order valence-corrected chi connectivity index (χ2v) is 9.58. The summed E-state index contributed by atoms with van der Waals surface area (Å²) in [7, 11) is -3.27. The summed E-state index contributed by atoms with van der Waals surface area (Å²) in [6, 6.07) is 11.6. The van der Waals surface area contributed by atoms with Crippen LogP contribution in [0.5, 0.6) is 0 Å². The Morgan fingerprint density at radius 2 is 1.89 bits per heavy atom. The molecular formula is C19H19ClN2O3S2. The quantitative estimate of drug-likeness (QED) is 0.414. The Labute approximate surface area is 167 Å². The van der Waals surface area contributed by atoms with E-state index in [1.807, 2.05) is 18.2 Å². The van der Waals surface area contributed by atoms with Crippen molar-refractivity contribution < 1.29 is 13.2 Å². The van der Waals surface area contributed by atoms with Crippen molar-refractivity contribution in [3.63, 3.8) is 0 Å². The van der Waals surface area contributed by atoms with Gasteiger partial charge in [-0.15, -0.1) is 0 Å². The van der Waals surface area contributed by atoms with Crippen molar-refractivity contribution in [2.75, 3.05) is 12.0 Å². The minimum atomic E-state index is -3.27. The van der Waals surface area contributed by atoms with E-state index in [4.69, 9.17) is 11.6 Å². The van der Waals surface area contributed by atoms with Gasteiger partial charge >= 0.3 is 0 Å². The number of aromatic nitrogens is 2. The monoisotopic (exact) mass is 422 g/mol. The molecule has 142 valence electrons. The molecule has 3 rings (SSSR count). The van der Waals surface area contributed by atoms with Gasteiger partial charge in [0.15, 0.2) is 20.8 Å². The number of aryl methyl sites for hydroxylation is 1. The Balaban J connectivity index is 1.79. The van der Waals surface area contributed by atoms with Gasteiger partial charge in [-0.05, 0) is 36.8 Å². The van der Waals surface area contributed by atoms with Gasteiger partial charge < -0.3 is 4.57 Å². The van der Waals surface area contributed by atoms with E-state index in [0.29, 0.717) is 10.6 Å². The van der Waals surface area contributed by atoms with E-state index in [1.165, 1.54) is 23.9 Å². The molecule has 0 saturated carbocycles. The van der Waals surface area contributed by atoms with Crippen molar-refractivity contribution in [3.8, 4) is 0 Å². The maximum absolute atomic E-state index is 12.5. The molecule has 0 aliphatic carbocycles. The number of Topliss-reactive ketones (excluding diaryl/α,β-unsaturated/α-hetero) is 1. The Hall–Kier alpha value is -1.83. The number of nitrogens with zero attached hydrogens (tertiary/aromatic N) is 2. The van der Waals surface area contributed by atoms with E-state index in [2.05, 4.69) is 16.5 Å². The summed E-state index contributed by atoms with van der Waals surface area (Å²) < 4.78 is 25.1. The molecule has 0 atom stereocenters. The van der Waals surface area contributed by atoms with Crippen LogP contribution in [-0.4, -0.2) is 35.8 Å². The lowest BCUT2D eigenvalue weighted by molar-refractivity contribution is 0.102. The third-order valence-corrected chi connectivity index (χ3v) is 6.40. The average Bonchev–Trinajstić information content (AvgIpc) is 2.96. The second kappa shape index (κ2) is 8.04. The zero-order chi connectivity index (χ0) is 19.6. The number of fused-ring (bicyclic) bond motifs is 1. The van der Waals surface area contributed by atoms with Crippen LogP contribution in [0.3, 0.4) is 0 Å². The number of rotatable bonds is 7.